The molecule has 0 bridgehead atoms. The third-order valence-electron chi connectivity index (χ3n) is 8.84. The fraction of sp³-hybridized carbons (Fsp3) is 0. The number of benzene rings is 8. The Morgan fingerprint density at radius 1 is 0.364 bits per heavy atom. The molecule has 0 radical (unpaired) electrons. The molecule has 1 heterocycles. The molecular weight excluding hydrogens is 551 g/mol. The van der Waals surface area contributed by atoms with E-state index >= 15 is 0 Å². The summed E-state index contributed by atoms with van der Waals surface area (Å²) in [5.74, 6) is 0. The maximum absolute atomic E-state index is 2.36. The Labute approximate surface area is 259 Å². The second-order valence-electron chi connectivity index (χ2n) is 11.4. The van der Waals surface area contributed by atoms with Crippen molar-refractivity contribution in [2.45, 2.75) is 0 Å². The van der Waals surface area contributed by atoms with Gasteiger partial charge in [0.1, 0.15) is 0 Å². The first-order valence-corrected chi connectivity index (χ1v) is 15.8. The fourth-order valence-electron chi connectivity index (χ4n) is 6.73. The zero-order valence-corrected chi connectivity index (χ0v) is 24.8. The Kier molecular flexibility index (Phi) is 5.75. The predicted molar refractivity (Wildman–Crippen MR) is 192 cm³/mol. The zero-order chi connectivity index (χ0) is 29.0. The van der Waals surface area contributed by atoms with Crippen LogP contribution in [-0.4, -0.2) is 0 Å². The van der Waals surface area contributed by atoms with Crippen LogP contribution < -0.4 is 4.90 Å². The third kappa shape index (κ3) is 4.00. The third-order valence-corrected chi connectivity index (χ3v) is 10.1. The van der Waals surface area contributed by atoms with Crippen LogP contribution in [0.3, 0.4) is 0 Å². The maximum atomic E-state index is 2.36. The molecule has 0 aliphatic heterocycles. The van der Waals surface area contributed by atoms with E-state index in [1.165, 1.54) is 63.6 Å². The molecule has 0 atom stereocenters. The van der Waals surface area contributed by atoms with E-state index in [1.807, 2.05) is 11.3 Å². The summed E-state index contributed by atoms with van der Waals surface area (Å²) >= 11 is 1.88. The summed E-state index contributed by atoms with van der Waals surface area (Å²) in [6.07, 6.45) is 0. The van der Waals surface area contributed by atoms with Crippen molar-refractivity contribution in [3.05, 3.63) is 164 Å². The van der Waals surface area contributed by atoms with Gasteiger partial charge in [0, 0.05) is 37.2 Å². The van der Waals surface area contributed by atoms with Crippen LogP contribution in [0, 0.1) is 0 Å². The van der Waals surface area contributed by atoms with Crippen molar-refractivity contribution in [1.82, 2.24) is 0 Å². The van der Waals surface area contributed by atoms with E-state index in [0.717, 1.165) is 17.1 Å². The Balaban J connectivity index is 1.19. The molecule has 0 aliphatic carbocycles. The summed E-state index contributed by atoms with van der Waals surface area (Å²) in [5, 5.41) is 10.3. The summed E-state index contributed by atoms with van der Waals surface area (Å²) in [7, 11) is 0. The molecule has 0 fully saturated rings. The van der Waals surface area contributed by atoms with Gasteiger partial charge in [0.25, 0.3) is 0 Å². The van der Waals surface area contributed by atoms with Gasteiger partial charge in [-0.25, -0.2) is 0 Å². The lowest BCUT2D eigenvalue weighted by molar-refractivity contribution is 1.29. The van der Waals surface area contributed by atoms with Crippen molar-refractivity contribution in [3.8, 4) is 11.1 Å². The number of nitrogens with zero attached hydrogens (tertiary/aromatic N) is 1. The highest BCUT2D eigenvalue weighted by atomic mass is 32.1. The Bertz CT molecular complexity index is 2490. The lowest BCUT2D eigenvalue weighted by atomic mass is 9.96. The van der Waals surface area contributed by atoms with Crippen LogP contribution in [0.4, 0.5) is 17.1 Å². The molecule has 0 spiro atoms. The Hall–Kier alpha value is -5.44. The van der Waals surface area contributed by atoms with Gasteiger partial charge in [-0.3, -0.25) is 0 Å². The maximum Gasteiger partial charge on any atom is 0.0468 e. The summed E-state index contributed by atoms with van der Waals surface area (Å²) in [5.41, 5.74) is 5.93. The second-order valence-corrected chi connectivity index (χ2v) is 12.4. The molecule has 1 nitrogen and oxygen atoms in total. The summed E-state index contributed by atoms with van der Waals surface area (Å²) in [6.45, 7) is 0. The van der Waals surface area contributed by atoms with Gasteiger partial charge in [-0.2, -0.15) is 0 Å². The lowest BCUT2D eigenvalue weighted by Crippen LogP contribution is -2.09. The first-order valence-electron chi connectivity index (χ1n) is 15.0. The van der Waals surface area contributed by atoms with Gasteiger partial charge >= 0.3 is 0 Å². The SMILES string of the molecule is c1ccc(N(c2ccc(-c3cccc4c3sc3ccccc34)cc2)c2ccc3ccc4c5ccccc5ccc4c3c2)cc1. The van der Waals surface area contributed by atoms with Crippen LogP contribution in [0.1, 0.15) is 0 Å². The van der Waals surface area contributed by atoms with E-state index in [0.29, 0.717) is 0 Å². The molecule has 1 aromatic heterocycles. The minimum absolute atomic E-state index is 1.13. The van der Waals surface area contributed by atoms with E-state index in [2.05, 4.69) is 169 Å². The standard InChI is InChI=1S/C42H27NS/c1-2-10-31(11-3-1)43(33-24-19-30-21-25-36-34-12-5-4-9-28(34)20-26-37(36)40(30)27-33)32-22-17-29(18-23-32)35-14-8-15-39-38-13-6-7-16-41(38)44-42(35)39/h1-27H. The average molecular weight is 578 g/mol. The van der Waals surface area contributed by atoms with Gasteiger partial charge in [-0.05, 0) is 85.9 Å². The van der Waals surface area contributed by atoms with Crippen LogP contribution in [-0.2, 0) is 0 Å². The highest BCUT2D eigenvalue weighted by Crippen LogP contribution is 2.42. The van der Waals surface area contributed by atoms with E-state index < -0.39 is 0 Å². The molecule has 9 rings (SSSR count). The topological polar surface area (TPSA) is 3.24 Å². The second kappa shape index (κ2) is 10.1. The van der Waals surface area contributed by atoms with Crippen molar-refractivity contribution < 1.29 is 0 Å². The number of hydrogen-bond donors (Lipinski definition) is 0. The molecule has 0 saturated carbocycles. The van der Waals surface area contributed by atoms with Crippen LogP contribution in [0.15, 0.2) is 164 Å². The fourth-order valence-corrected chi connectivity index (χ4v) is 7.97. The summed E-state index contributed by atoms with van der Waals surface area (Å²) < 4.78 is 2.67. The van der Waals surface area contributed by atoms with E-state index in [4.69, 9.17) is 0 Å². The molecule has 8 aromatic carbocycles. The molecule has 0 N–H and O–H groups in total. The quantitative estimate of drug-likeness (QED) is 0.188. The van der Waals surface area contributed by atoms with E-state index in [1.54, 1.807) is 0 Å². The molecule has 206 valence electrons. The van der Waals surface area contributed by atoms with Crippen LogP contribution in [0.2, 0.25) is 0 Å². The first-order chi connectivity index (χ1) is 21.8. The van der Waals surface area contributed by atoms with Crippen LogP contribution >= 0.6 is 11.3 Å². The number of anilines is 3. The van der Waals surface area contributed by atoms with Crippen molar-refractivity contribution in [2.24, 2.45) is 0 Å². The van der Waals surface area contributed by atoms with Gasteiger partial charge in [0.2, 0.25) is 0 Å². The normalized spacial score (nSPS) is 11.6. The first kappa shape index (κ1) is 25.1. The highest BCUT2D eigenvalue weighted by Gasteiger charge is 2.15. The predicted octanol–water partition coefficient (Wildman–Crippen LogP) is 12.7. The molecule has 0 amide bonds. The largest absolute Gasteiger partial charge is 0.310 e. The van der Waals surface area contributed by atoms with Gasteiger partial charge in [0.15, 0.2) is 0 Å². The number of thiophene rings is 1. The smallest absolute Gasteiger partial charge is 0.0468 e. The molecular formula is C42H27NS. The van der Waals surface area contributed by atoms with Crippen molar-refractivity contribution >= 4 is 80.9 Å². The molecule has 9 aromatic rings. The minimum atomic E-state index is 1.13. The van der Waals surface area contributed by atoms with Gasteiger partial charge < -0.3 is 4.90 Å². The van der Waals surface area contributed by atoms with Gasteiger partial charge in [0.05, 0.1) is 0 Å². The summed E-state index contributed by atoms with van der Waals surface area (Å²) in [4.78, 5) is 2.36. The Morgan fingerprint density at radius 2 is 0.977 bits per heavy atom. The van der Waals surface area contributed by atoms with Crippen LogP contribution in [0.5, 0.6) is 0 Å². The lowest BCUT2D eigenvalue weighted by Gasteiger charge is -2.26. The number of hydrogen-bond acceptors (Lipinski definition) is 2. The van der Waals surface area contributed by atoms with E-state index in [-0.39, 0.29) is 0 Å². The van der Waals surface area contributed by atoms with E-state index in [9.17, 15) is 0 Å². The van der Waals surface area contributed by atoms with Crippen LogP contribution in [0.25, 0.3) is 63.6 Å². The molecule has 0 saturated heterocycles. The number of para-hydroxylation sites is 1. The minimum Gasteiger partial charge on any atom is -0.310 e. The number of rotatable bonds is 4. The molecule has 2 heteroatoms. The molecule has 0 unspecified atom stereocenters. The van der Waals surface area contributed by atoms with Gasteiger partial charge in [-0.1, -0.05) is 121 Å². The van der Waals surface area contributed by atoms with Crippen molar-refractivity contribution in [2.75, 3.05) is 4.90 Å². The molecule has 44 heavy (non-hydrogen) atoms. The Morgan fingerprint density at radius 3 is 1.82 bits per heavy atom. The summed E-state index contributed by atoms with van der Waals surface area (Å²) in [6, 6.07) is 59.7. The monoisotopic (exact) mass is 577 g/mol. The highest BCUT2D eigenvalue weighted by molar-refractivity contribution is 7.26. The van der Waals surface area contributed by atoms with Crippen molar-refractivity contribution in [1.29, 1.82) is 0 Å². The van der Waals surface area contributed by atoms with Crippen molar-refractivity contribution in [3.63, 3.8) is 0 Å². The number of fused-ring (bicyclic) bond motifs is 8. The average Bonchev–Trinajstić information content (AvgIpc) is 3.48. The van der Waals surface area contributed by atoms with Gasteiger partial charge in [-0.15, -0.1) is 11.3 Å². The molecule has 0 aliphatic rings. The zero-order valence-electron chi connectivity index (χ0n) is 23.9.